The Morgan fingerprint density at radius 2 is 0.470 bits per heavy atom. The maximum Gasteiger partial charge on any atom is 0.306 e. The van der Waals surface area contributed by atoms with Crippen molar-refractivity contribution in [2.75, 3.05) is 13.2 Å². The molecule has 0 spiro atoms. The molecule has 0 heterocycles. The van der Waals surface area contributed by atoms with Crippen LogP contribution in [0.3, 0.4) is 0 Å². The van der Waals surface area contributed by atoms with Crippen LogP contribution in [0.4, 0.5) is 0 Å². The van der Waals surface area contributed by atoms with Gasteiger partial charge < -0.3 is 14.2 Å². The van der Waals surface area contributed by atoms with Crippen LogP contribution in [0.15, 0.2) is 170 Å². The molecule has 0 bridgehead atoms. The molecule has 83 heavy (non-hydrogen) atoms. The van der Waals surface area contributed by atoms with Gasteiger partial charge in [-0.2, -0.15) is 0 Å². The van der Waals surface area contributed by atoms with Gasteiger partial charge >= 0.3 is 17.9 Å². The molecule has 0 saturated carbocycles. The number of carbonyl (C=O) groups excluding carboxylic acids is 3. The number of carbonyl (C=O) groups is 3. The maximum atomic E-state index is 12.9. The third kappa shape index (κ3) is 67.4. The van der Waals surface area contributed by atoms with Gasteiger partial charge in [-0.15, -0.1) is 0 Å². The van der Waals surface area contributed by atoms with Gasteiger partial charge in [0.15, 0.2) is 6.10 Å². The summed E-state index contributed by atoms with van der Waals surface area (Å²) in [6.07, 6.45) is 102. The molecule has 0 aliphatic heterocycles. The average Bonchev–Trinajstić information content (AvgIpc) is 3.49. The fourth-order valence-corrected chi connectivity index (χ4v) is 8.71. The lowest BCUT2D eigenvalue weighted by Gasteiger charge is -2.18. The predicted molar refractivity (Wildman–Crippen MR) is 361 cm³/mol. The van der Waals surface area contributed by atoms with E-state index in [1.54, 1.807) is 0 Å². The van der Waals surface area contributed by atoms with Crippen LogP contribution in [0.25, 0.3) is 0 Å². The first-order valence-corrected chi connectivity index (χ1v) is 33.6. The molecule has 6 heteroatoms. The van der Waals surface area contributed by atoms with E-state index < -0.39 is 6.10 Å². The highest BCUT2D eigenvalue weighted by Crippen LogP contribution is 2.14. The predicted octanol–water partition coefficient (Wildman–Crippen LogP) is 23.4. The summed E-state index contributed by atoms with van der Waals surface area (Å²) in [5.41, 5.74) is 0. The lowest BCUT2D eigenvalue weighted by Crippen LogP contribution is -2.30. The molecule has 0 radical (unpaired) electrons. The molecule has 0 rings (SSSR count). The Labute approximate surface area is 511 Å². The summed E-state index contributed by atoms with van der Waals surface area (Å²) in [6, 6.07) is 0. The lowest BCUT2D eigenvalue weighted by molar-refractivity contribution is -0.167. The molecule has 0 aromatic rings. The second-order valence-electron chi connectivity index (χ2n) is 21.6. The maximum absolute atomic E-state index is 12.9. The van der Waals surface area contributed by atoms with Crippen molar-refractivity contribution in [2.45, 2.75) is 284 Å². The van der Waals surface area contributed by atoms with E-state index in [9.17, 15) is 14.4 Å². The Morgan fingerprint density at radius 3 is 0.771 bits per heavy atom. The number of hydrogen-bond acceptors (Lipinski definition) is 6. The molecule has 0 N–H and O–H groups in total. The number of esters is 3. The van der Waals surface area contributed by atoms with E-state index in [0.717, 1.165) is 154 Å². The second-order valence-corrected chi connectivity index (χ2v) is 21.6. The van der Waals surface area contributed by atoms with Crippen molar-refractivity contribution < 1.29 is 28.6 Å². The minimum atomic E-state index is -0.815. The third-order valence-corrected chi connectivity index (χ3v) is 13.7. The molecule has 0 aromatic carbocycles. The van der Waals surface area contributed by atoms with Crippen LogP contribution in [-0.2, 0) is 28.6 Å². The monoisotopic (exact) mass is 1140 g/mol. The molecule has 0 aliphatic rings. The number of hydrogen-bond donors (Lipinski definition) is 0. The fraction of sp³-hybridized carbons (Fsp3) is 0.597. The van der Waals surface area contributed by atoms with Gasteiger partial charge in [-0.05, 0) is 154 Å². The van der Waals surface area contributed by atoms with Crippen LogP contribution < -0.4 is 0 Å². The molecular weight excluding hydrogens is 1020 g/mol. The Kier molecular flexibility index (Phi) is 64.9. The topological polar surface area (TPSA) is 78.9 Å². The second kappa shape index (κ2) is 69.3. The van der Waals surface area contributed by atoms with Gasteiger partial charge in [0.05, 0.1) is 0 Å². The summed E-state index contributed by atoms with van der Waals surface area (Å²) in [7, 11) is 0. The zero-order valence-corrected chi connectivity index (χ0v) is 53.4. The van der Waals surface area contributed by atoms with Crippen LogP contribution >= 0.6 is 0 Å². The Bertz CT molecular complexity index is 1890. The zero-order chi connectivity index (χ0) is 59.9. The third-order valence-electron chi connectivity index (χ3n) is 13.7. The van der Waals surface area contributed by atoms with Gasteiger partial charge in [0.2, 0.25) is 0 Å². The van der Waals surface area contributed by atoms with Crippen molar-refractivity contribution in [3.05, 3.63) is 170 Å². The Hall–Kier alpha value is -5.23. The summed E-state index contributed by atoms with van der Waals surface area (Å²) < 4.78 is 16.9. The average molecular weight is 1140 g/mol. The first-order chi connectivity index (χ1) is 41.0. The van der Waals surface area contributed by atoms with Crippen molar-refractivity contribution in [3.63, 3.8) is 0 Å². The highest BCUT2D eigenvalue weighted by atomic mass is 16.6. The van der Waals surface area contributed by atoms with Gasteiger partial charge in [-0.25, -0.2) is 0 Å². The van der Waals surface area contributed by atoms with E-state index >= 15 is 0 Å². The fourth-order valence-electron chi connectivity index (χ4n) is 8.71. The van der Waals surface area contributed by atoms with E-state index in [4.69, 9.17) is 14.2 Å². The van der Waals surface area contributed by atoms with Crippen molar-refractivity contribution in [1.82, 2.24) is 0 Å². The summed E-state index contributed by atoms with van der Waals surface area (Å²) in [5, 5.41) is 0. The van der Waals surface area contributed by atoms with Crippen LogP contribution in [-0.4, -0.2) is 37.2 Å². The highest BCUT2D eigenvalue weighted by Gasteiger charge is 2.19. The van der Waals surface area contributed by atoms with E-state index in [1.807, 2.05) is 0 Å². The normalized spacial score (nSPS) is 13.2. The highest BCUT2D eigenvalue weighted by molar-refractivity contribution is 5.71. The SMILES string of the molecule is CC/C=C\C/C=C\C/C=C\C/C=C\C/C=C\C/C=C\C/C=C\C/C=C\C/C=C\CCCCCCCC(=O)OCC(COC(=O)CCCC/C=C\C/C=C\C/C=C\C/C=C\CC)OC(=O)CCCCCCCCC/C=C\CCCCCCCC. The minimum Gasteiger partial charge on any atom is -0.462 e. The first-order valence-electron chi connectivity index (χ1n) is 33.6. The molecule has 6 nitrogen and oxygen atoms in total. The molecule has 0 aromatic heterocycles. The van der Waals surface area contributed by atoms with E-state index in [-0.39, 0.29) is 31.1 Å². The summed E-state index contributed by atoms with van der Waals surface area (Å²) in [4.78, 5) is 38.3. The number of unbranched alkanes of at least 4 members (excludes halogenated alkanes) is 20. The van der Waals surface area contributed by atoms with E-state index in [2.05, 4.69) is 191 Å². The van der Waals surface area contributed by atoms with Gasteiger partial charge in [0.25, 0.3) is 0 Å². The van der Waals surface area contributed by atoms with Crippen LogP contribution in [0.5, 0.6) is 0 Å². The van der Waals surface area contributed by atoms with Gasteiger partial charge in [0, 0.05) is 19.3 Å². The Morgan fingerprint density at radius 1 is 0.253 bits per heavy atom. The van der Waals surface area contributed by atoms with Crippen molar-refractivity contribution in [1.29, 1.82) is 0 Å². The first kappa shape index (κ1) is 77.8. The molecule has 466 valence electrons. The largest absolute Gasteiger partial charge is 0.462 e. The molecule has 0 aliphatic carbocycles. The molecule has 1 unspecified atom stereocenters. The Balaban J connectivity index is 4.41. The van der Waals surface area contributed by atoms with Crippen LogP contribution in [0.2, 0.25) is 0 Å². The molecular formula is C77H122O6. The number of rotatable bonds is 59. The summed E-state index contributed by atoms with van der Waals surface area (Å²) >= 11 is 0. The molecule has 0 amide bonds. The number of ether oxygens (including phenoxy) is 3. The smallest absolute Gasteiger partial charge is 0.306 e. The molecule has 1 atom stereocenters. The quantitative estimate of drug-likeness (QED) is 0.0261. The summed E-state index contributed by atoms with van der Waals surface area (Å²) in [5.74, 6) is -0.976. The van der Waals surface area contributed by atoms with Crippen molar-refractivity contribution in [3.8, 4) is 0 Å². The summed E-state index contributed by atoms with van der Waals surface area (Å²) in [6.45, 7) is 6.35. The molecule has 0 saturated heterocycles. The standard InChI is InChI=1S/C77H122O6/c1-4-7-10-13-16-19-22-25-28-30-31-32-33-34-35-36-37-38-39-40-41-42-43-44-45-47-49-52-55-58-61-64-67-70-76(79)82-73-74(72-81-75(78)69-66-63-60-57-54-51-48-27-24-21-18-15-12-9-6-3)83-77(80)71-68-65-62-59-56-53-50-46-29-26-23-20-17-14-11-8-5-2/h7,9-10,12,16,18-19,21,25-29,31-32,34-35,37-38,40-41,43-44,47-49,54,57,74H,4-6,8,11,13-15,17,20,22-24,30,33,36,39,42,45-46,50-53,55-56,58-73H2,1-3H3/b10-7-,12-9-,19-16-,21-18-,28-25-,29-26-,32-31-,35-34-,38-37-,41-40-,44-43-,48-27-,49-47-,57-54-. The zero-order valence-electron chi connectivity index (χ0n) is 53.4. The van der Waals surface area contributed by atoms with Gasteiger partial charge in [0.1, 0.15) is 13.2 Å². The lowest BCUT2D eigenvalue weighted by atomic mass is 10.1. The number of allylic oxidation sites excluding steroid dienone is 28. The van der Waals surface area contributed by atoms with Crippen molar-refractivity contribution >= 4 is 17.9 Å². The van der Waals surface area contributed by atoms with Crippen molar-refractivity contribution in [2.24, 2.45) is 0 Å². The minimum absolute atomic E-state index is 0.110. The van der Waals surface area contributed by atoms with E-state index in [0.29, 0.717) is 25.7 Å². The molecule has 0 fully saturated rings. The van der Waals surface area contributed by atoms with Gasteiger partial charge in [-0.3, -0.25) is 14.4 Å². The van der Waals surface area contributed by atoms with Gasteiger partial charge in [-0.1, -0.05) is 274 Å². The van der Waals surface area contributed by atoms with E-state index in [1.165, 1.54) is 77.0 Å². The van der Waals surface area contributed by atoms with Crippen LogP contribution in [0.1, 0.15) is 278 Å². The van der Waals surface area contributed by atoms with Crippen LogP contribution in [0, 0.1) is 0 Å².